The van der Waals surface area contributed by atoms with E-state index in [0.29, 0.717) is 11.6 Å². The van der Waals surface area contributed by atoms with Gasteiger partial charge in [0.1, 0.15) is 6.54 Å². The van der Waals surface area contributed by atoms with Gasteiger partial charge in [0, 0.05) is 26.2 Å². The van der Waals surface area contributed by atoms with Crippen LogP contribution in [0.5, 0.6) is 0 Å². The Kier molecular flexibility index (Phi) is 5.67. The van der Waals surface area contributed by atoms with Crippen molar-refractivity contribution in [3.8, 4) is 0 Å². The molecular formula is C15H12Br2ClNO2. The zero-order chi connectivity index (χ0) is 15.4. The van der Waals surface area contributed by atoms with Crippen LogP contribution in [-0.4, -0.2) is 17.6 Å². The Hall–Kier alpha value is -1.04. The molecule has 6 heteroatoms. The second-order valence-electron chi connectivity index (χ2n) is 4.47. The van der Waals surface area contributed by atoms with Crippen molar-refractivity contribution in [1.29, 1.82) is 0 Å². The quantitative estimate of drug-likeness (QED) is 0.725. The van der Waals surface area contributed by atoms with E-state index in [4.69, 9.17) is 16.7 Å². The Morgan fingerprint density at radius 1 is 1.10 bits per heavy atom. The third-order valence-electron chi connectivity index (χ3n) is 2.88. The molecule has 0 unspecified atom stereocenters. The van der Waals surface area contributed by atoms with Gasteiger partial charge < -0.3 is 10.0 Å². The summed E-state index contributed by atoms with van der Waals surface area (Å²) >= 11 is 12.7. The molecule has 2 rings (SSSR count). The monoisotopic (exact) mass is 431 g/mol. The lowest BCUT2D eigenvalue weighted by Gasteiger charge is -2.23. The third kappa shape index (κ3) is 4.73. The van der Waals surface area contributed by atoms with Crippen molar-refractivity contribution in [2.24, 2.45) is 0 Å². The first-order chi connectivity index (χ1) is 9.95. The lowest BCUT2D eigenvalue weighted by Crippen LogP contribution is -2.29. The molecule has 110 valence electrons. The number of aliphatic carboxylic acids is 1. The summed E-state index contributed by atoms with van der Waals surface area (Å²) in [5, 5.41) is 9.72. The molecule has 0 bridgehead atoms. The maximum atomic E-state index is 11.1. The molecule has 0 aliphatic heterocycles. The number of rotatable bonds is 5. The van der Waals surface area contributed by atoms with Gasteiger partial charge in [0.25, 0.3) is 0 Å². The van der Waals surface area contributed by atoms with Crippen molar-refractivity contribution >= 4 is 55.1 Å². The molecule has 21 heavy (non-hydrogen) atoms. The van der Waals surface area contributed by atoms with Gasteiger partial charge in [-0.05, 0) is 73.8 Å². The summed E-state index contributed by atoms with van der Waals surface area (Å²) in [6.07, 6.45) is 0. The van der Waals surface area contributed by atoms with Crippen LogP contribution in [0, 0.1) is 0 Å². The highest BCUT2D eigenvalue weighted by Gasteiger charge is 2.12. The van der Waals surface area contributed by atoms with Crippen molar-refractivity contribution < 1.29 is 9.90 Å². The molecule has 0 fully saturated rings. The van der Waals surface area contributed by atoms with Crippen molar-refractivity contribution in [3.05, 3.63) is 62.0 Å². The predicted molar refractivity (Wildman–Crippen MR) is 92.0 cm³/mol. The fourth-order valence-electron chi connectivity index (χ4n) is 1.91. The summed E-state index contributed by atoms with van der Waals surface area (Å²) in [7, 11) is 0. The van der Waals surface area contributed by atoms with E-state index in [2.05, 4.69) is 31.9 Å². The molecule has 0 aromatic heterocycles. The highest BCUT2D eigenvalue weighted by Crippen LogP contribution is 2.26. The number of nitrogens with zero attached hydrogens (tertiary/aromatic N) is 1. The maximum Gasteiger partial charge on any atom is 0.323 e. The van der Waals surface area contributed by atoms with Crippen molar-refractivity contribution in [2.75, 3.05) is 11.4 Å². The van der Waals surface area contributed by atoms with E-state index < -0.39 is 5.97 Å². The number of carbonyl (C=O) groups is 1. The van der Waals surface area contributed by atoms with E-state index in [0.717, 1.165) is 20.2 Å². The van der Waals surface area contributed by atoms with Gasteiger partial charge in [0.05, 0.1) is 0 Å². The zero-order valence-corrected chi connectivity index (χ0v) is 14.8. The Balaban J connectivity index is 2.25. The van der Waals surface area contributed by atoms with Crippen LogP contribution in [0.3, 0.4) is 0 Å². The van der Waals surface area contributed by atoms with E-state index >= 15 is 0 Å². The second kappa shape index (κ2) is 7.29. The van der Waals surface area contributed by atoms with Gasteiger partial charge in [-0.3, -0.25) is 4.79 Å². The average Bonchev–Trinajstić information content (AvgIpc) is 2.42. The first-order valence-corrected chi connectivity index (χ1v) is 8.08. The molecule has 0 saturated heterocycles. The summed E-state index contributed by atoms with van der Waals surface area (Å²) in [6, 6.07) is 13.0. The number of hydrogen-bond acceptors (Lipinski definition) is 2. The van der Waals surface area contributed by atoms with Gasteiger partial charge in [0.15, 0.2) is 0 Å². The van der Waals surface area contributed by atoms with E-state index in [-0.39, 0.29) is 6.54 Å². The minimum atomic E-state index is -0.874. The Labute approximate surface area is 144 Å². The number of carboxylic acid groups (broad SMARTS) is 1. The molecule has 1 N–H and O–H groups in total. The molecule has 0 amide bonds. The van der Waals surface area contributed by atoms with Crippen LogP contribution < -0.4 is 4.90 Å². The number of benzene rings is 2. The minimum absolute atomic E-state index is 0.0741. The molecule has 3 nitrogen and oxygen atoms in total. The smallest absolute Gasteiger partial charge is 0.323 e. The highest BCUT2D eigenvalue weighted by atomic mass is 79.9. The van der Waals surface area contributed by atoms with E-state index in [1.54, 1.807) is 17.0 Å². The van der Waals surface area contributed by atoms with Crippen LogP contribution in [0.15, 0.2) is 51.4 Å². The van der Waals surface area contributed by atoms with E-state index in [1.165, 1.54) is 0 Å². The van der Waals surface area contributed by atoms with E-state index in [1.807, 2.05) is 30.3 Å². The van der Waals surface area contributed by atoms with Gasteiger partial charge >= 0.3 is 5.97 Å². The average molecular weight is 434 g/mol. The van der Waals surface area contributed by atoms with Crippen LogP contribution in [0.2, 0.25) is 5.02 Å². The molecule has 0 saturated carbocycles. The highest BCUT2D eigenvalue weighted by molar-refractivity contribution is 9.13. The van der Waals surface area contributed by atoms with Gasteiger partial charge in [-0.1, -0.05) is 17.7 Å². The number of hydrogen-bond donors (Lipinski definition) is 1. The lowest BCUT2D eigenvalue weighted by atomic mass is 10.2. The largest absolute Gasteiger partial charge is 0.480 e. The first kappa shape index (κ1) is 16.3. The molecule has 0 aliphatic carbocycles. The maximum absolute atomic E-state index is 11.1. The SMILES string of the molecule is O=C(O)CN(Cc1ccc(Br)c(Br)c1)c1ccc(Cl)cc1. The summed E-state index contributed by atoms with van der Waals surface area (Å²) in [4.78, 5) is 12.9. The molecule has 0 aliphatic rings. The molecule has 2 aromatic carbocycles. The predicted octanol–water partition coefficient (Wildman–Crippen LogP) is 4.96. The normalized spacial score (nSPS) is 10.4. The number of halogens is 3. The van der Waals surface area contributed by atoms with Gasteiger partial charge in [-0.15, -0.1) is 0 Å². The Morgan fingerprint density at radius 3 is 2.33 bits per heavy atom. The van der Waals surface area contributed by atoms with Gasteiger partial charge in [-0.2, -0.15) is 0 Å². The molecule has 0 radical (unpaired) electrons. The van der Waals surface area contributed by atoms with Crippen molar-refractivity contribution in [1.82, 2.24) is 0 Å². The number of anilines is 1. The molecule has 0 atom stereocenters. The zero-order valence-electron chi connectivity index (χ0n) is 10.9. The molecule has 0 heterocycles. The van der Waals surface area contributed by atoms with Crippen molar-refractivity contribution in [2.45, 2.75) is 6.54 Å². The Bertz CT molecular complexity index is 647. The standard InChI is InChI=1S/C15H12Br2ClNO2/c16-13-6-1-10(7-14(13)17)8-19(9-15(20)21)12-4-2-11(18)3-5-12/h1-7H,8-9H2,(H,20,21). The van der Waals surface area contributed by atoms with Crippen LogP contribution in [-0.2, 0) is 11.3 Å². The summed E-state index contributed by atoms with van der Waals surface area (Å²) < 4.78 is 1.90. The van der Waals surface area contributed by atoms with Gasteiger partial charge in [-0.25, -0.2) is 0 Å². The van der Waals surface area contributed by atoms with Crippen LogP contribution in [0.4, 0.5) is 5.69 Å². The number of carboxylic acids is 1. The fraction of sp³-hybridized carbons (Fsp3) is 0.133. The molecule has 0 spiro atoms. The summed E-state index contributed by atoms with van der Waals surface area (Å²) in [5.74, 6) is -0.874. The molecule has 2 aromatic rings. The lowest BCUT2D eigenvalue weighted by molar-refractivity contribution is -0.135. The topological polar surface area (TPSA) is 40.5 Å². The van der Waals surface area contributed by atoms with E-state index in [9.17, 15) is 4.79 Å². The minimum Gasteiger partial charge on any atom is -0.480 e. The Morgan fingerprint density at radius 2 is 1.76 bits per heavy atom. The van der Waals surface area contributed by atoms with Crippen molar-refractivity contribution in [3.63, 3.8) is 0 Å². The second-order valence-corrected chi connectivity index (χ2v) is 6.62. The van der Waals surface area contributed by atoms with Crippen LogP contribution in [0.1, 0.15) is 5.56 Å². The fourth-order valence-corrected chi connectivity index (χ4v) is 2.71. The summed E-state index contributed by atoms with van der Waals surface area (Å²) in [5.41, 5.74) is 1.84. The van der Waals surface area contributed by atoms with Gasteiger partial charge in [0.2, 0.25) is 0 Å². The van der Waals surface area contributed by atoms with Crippen LogP contribution in [0.25, 0.3) is 0 Å². The first-order valence-electron chi connectivity index (χ1n) is 6.12. The summed E-state index contributed by atoms with van der Waals surface area (Å²) in [6.45, 7) is 0.426. The molecular weight excluding hydrogens is 421 g/mol. The van der Waals surface area contributed by atoms with Crippen LogP contribution >= 0.6 is 43.5 Å². The third-order valence-corrected chi connectivity index (χ3v) is 5.01.